The zero-order chi connectivity index (χ0) is 17.7. The Labute approximate surface area is 150 Å². The van der Waals surface area contributed by atoms with Crippen LogP contribution in [0.1, 0.15) is 29.6 Å². The van der Waals surface area contributed by atoms with Crippen LogP contribution in [0.3, 0.4) is 0 Å². The van der Waals surface area contributed by atoms with Crippen LogP contribution in [0, 0.1) is 0 Å². The molecule has 0 spiro atoms. The number of ether oxygens (including phenoxy) is 2. The molecule has 0 saturated carbocycles. The first-order valence-electron chi connectivity index (χ1n) is 7.58. The maximum Gasteiger partial charge on any atom is 0.305 e. The number of halogens is 2. The van der Waals surface area contributed by atoms with Gasteiger partial charge < -0.3 is 19.5 Å². The van der Waals surface area contributed by atoms with Crippen molar-refractivity contribution in [1.29, 1.82) is 0 Å². The van der Waals surface area contributed by atoms with Crippen LogP contribution in [0.4, 0.5) is 0 Å². The van der Waals surface area contributed by atoms with Crippen LogP contribution in [-0.4, -0.2) is 54.8 Å². The Morgan fingerprint density at radius 2 is 2.04 bits per heavy atom. The fourth-order valence-corrected chi connectivity index (χ4v) is 3.24. The Morgan fingerprint density at radius 1 is 1.38 bits per heavy atom. The molecule has 1 heterocycles. The van der Waals surface area contributed by atoms with Crippen LogP contribution in [-0.2, 0) is 9.53 Å². The van der Waals surface area contributed by atoms with Crippen molar-refractivity contribution in [3.05, 3.63) is 27.7 Å². The fourth-order valence-electron chi connectivity index (χ4n) is 2.60. The van der Waals surface area contributed by atoms with E-state index in [9.17, 15) is 9.59 Å². The molecule has 6 nitrogen and oxygen atoms in total. The average Bonchev–Trinajstić information content (AvgIpc) is 3.03. The maximum absolute atomic E-state index is 12.8. The molecular formula is C16H19Cl2NO5. The third kappa shape index (κ3) is 4.75. The van der Waals surface area contributed by atoms with Crippen molar-refractivity contribution < 1.29 is 24.2 Å². The minimum absolute atomic E-state index is 0.0769. The number of amides is 1. The quantitative estimate of drug-likeness (QED) is 0.792. The monoisotopic (exact) mass is 375 g/mol. The lowest BCUT2D eigenvalue weighted by Crippen LogP contribution is -2.38. The van der Waals surface area contributed by atoms with Gasteiger partial charge in [0.25, 0.3) is 5.91 Å². The molecule has 24 heavy (non-hydrogen) atoms. The van der Waals surface area contributed by atoms with E-state index in [4.69, 9.17) is 37.8 Å². The van der Waals surface area contributed by atoms with Crippen molar-refractivity contribution >= 4 is 35.1 Å². The first-order valence-corrected chi connectivity index (χ1v) is 8.33. The summed E-state index contributed by atoms with van der Waals surface area (Å²) in [4.78, 5) is 25.1. The summed E-state index contributed by atoms with van der Waals surface area (Å²) in [6, 6.07) is 2.94. The van der Waals surface area contributed by atoms with Gasteiger partial charge in [-0.1, -0.05) is 23.2 Å². The number of methoxy groups -OCH3 is 1. The van der Waals surface area contributed by atoms with Gasteiger partial charge in [-0.3, -0.25) is 9.59 Å². The number of nitrogens with zero attached hydrogens (tertiary/aromatic N) is 1. The van der Waals surface area contributed by atoms with Crippen molar-refractivity contribution in [2.24, 2.45) is 0 Å². The summed E-state index contributed by atoms with van der Waals surface area (Å²) in [5.74, 6) is -1.00. The topological polar surface area (TPSA) is 76.1 Å². The maximum atomic E-state index is 12.8. The number of hydrogen-bond acceptors (Lipinski definition) is 4. The first kappa shape index (κ1) is 18.8. The molecule has 1 aromatic rings. The van der Waals surface area contributed by atoms with Crippen LogP contribution in [0.25, 0.3) is 0 Å². The third-order valence-electron chi connectivity index (χ3n) is 3.78. The Morgan fingerprint density at radius 3 is 2.54 bits per heavy atom. The number of rotatable bonds is 7. The molecule has 1 aliphatic heterocycles. The lowest BCUT2D eigenvalue weighted by molar-refractivity contribution is -0.137. The Hall–Kier alpha value is -1.50. The highest BCUT2D eigenvalue weighted by Gasteiger charge is 2.25. The zero-order valence-electron chi connectivity index (χ0n) is 13.3. The molecule has 1 aliphatic rings. The summed E-state index contributed by atoms with van der Waals surface area (Å²) < 4.78 is 10.6. The minimum Gasteiger partial charge on any atom is -0.494 e. The van der Waals surface area contributed by atoms with Crippen molar-refractivity contribution in [3.8, 4) is 5.75 Å². The van der Waals surface area contributed by atoms with Crippen LogP contribution < -0.4 is 4.74 Å². The number of benzene rings is 1. The Kier molecular flexibility index (Phi) is 6.71. The Bertz CT molecular complexity index is 593. The molecular weight excluding hydrogens is 357 g/mol. The highest BCUT2D eigenvalue weighted by molar-refractivity contribution is 6.37. The highest BCUT2D eigenvalue weighted by Crippen LogP contribution is 2.34. The fraction of sp³-hybridized carbons (Fsp3) is 0.500. The molecule has 1 atom stereocenters. The average molecular weight is 376 g/mol. The molecule has 2 rings (SSSR count). The molecule has 0 bridgehead atoms. The predicted octanol–water partition coefficient (Wildman–Crippen LogP) is 3.10. The highest BCUT2D eigenvalue weighted by atomic mass is 35.5. The second-order valence-electron chi connectivity index (χ2n) is 5.50. The summed E-state index contributed by atoms with van der Waals surface area (Å²) in [6.45, 7) is 1.09. The summed E-state index contributed by atoms with van der Waals surface area (Å²) in [6.07, 6.45) is 1.56. The number of aliphatic carboxylic acids is 1. The molecule has 0 radical (unpaired) electrons. The van der Waals surface area contributed by atoms with E-state index in [1.54, 1.807) is 0 Å². The zero-order valence-corrected chi connectivity index (χ0v) is 14.8. The molecule has 1 N–H and O–H groups in total. The van der Waals surface area contributed by atoms with Gasteiger partial charge in [-0.15, -0.1) is 0 Å². The van der Waals surface area contributed by atoms with Crippen molar-refractivity contribution in [3.63, 3.8) is 0 Å². The number of hydrogen-bond donors (Lipinski definition) is 1. The SMILES string of the molecule is COc1c(Cl)cc(C(=O)N(CCC(=O)O)CC2CCCO2)cc1Cl. The van der Waals surface area contributed by atoms with E-state index in [1.165, 1.54) is 24.1 Å². The number of carbonyl (C=O) groups excluding carboxylic acids is 1. The third-order valence-corrected chi connectivity index (χ3v) is 4.34. The molecule has 1 saturated heterocycles. The van der Waals surface area contributed by atoms with Gasteiger partial charge in [-0.05, 0) is 25.0 Å². The van der Waals surface area contributed by atoms with Gasteiger partial charge in [0.05, 0.1) is 29.7 Å². The normalized spacial score (nSPS) is 16.9. The second kappa shape index (κ2) is 8.55. The van der Waals surface area contributed by atoms with Crippen LogP contribution in [0.5, 0.6) is 5.75 Å². The van der Waals surface area contributed by atoms with E-state index in [0.29, 0.717) is 18.9 Å². The number of carboxylic acid groups (broad SMARTS) is 1. The van der Waals surface area contributed by atoms with Gasteiger partial charge in [0.2, 0.25) is 0 Å². The summed E-state index contributed by atoms with van der Waals surface area (Å²) in [7, 11) is 1.44. The molecule has 132 valence electrons. The largest absolute Gasteiger partial charge is 0.494 e. The van der Waals surface area contributed by atoms with E-state index in [2.05, 4.69) is 0 Å². The van der Waals surface area contributed by atoms with E-state index >= 15 is 0 Å². The number of carboxylic acids is 1. The molecule has 8 heteroatoms. The van der Waals surface area contributed by atoms with E-state index in [-0.39, 0.29) is 40.6 Å². The van der Waals surface area contributed by atoms with Crippen LogP contribution in [0.15, 0.2) is 12.1 Å². The van der Waals surface area contributed by atoms with Gasteiger partial charge in [-0.2, -0.15) is 0 Å². The molecule has 1 aromatic carbocycles. The Balaban J connectivity index is 2.20. The van der Waals surface area contributed by atoms with Gasteiger partial charge in [0.1, 0.15) is 0 Å². The molecule has 1 unspecified atom stereocenters. The molecule has 0 aliphatic carbocycles. The van der Waals surface area contributed by atoms with Crippen molar-refractivity contribution in [2.45, 2.75) is 25.4 Å². The van der Waals surface area contributed by atoms with E-state index < -0.39 is 5.97 Å². The van der Waals surface area contributed by atoms with Crippen LogP contribution in [0.2, 0.25) is 10.0 Å². The molecule has 0 aromatic heterocycles. The van der Waals surface area contributed by atoms with Crippen molar-refractivity contribution in [2.75, 3.05) is 26.8 Å². The van der Waals surface area contributed by atoms with Gasteiger partial charge in [0.15, 0.2) is 5.75 Å². The van der Waals surface area contributed by atoms with E-state index in [0.717, 1.165) is 12.8 Å². The molecule has 1 amide bonds. The van der Waals surface area contributed by atoms with Gasteiger partial charge in [0, 0.05) is 25.3 Å². The predicted molar refractivity (Wildman–Crippen MR) is 90.1 cm³/mol. The standard InChI is InChI=1S/C16H19Cl2NO5/c1-23-15-12(17)7-10(8-13(15)18)16(22)19(5-4-14(20)21)9-11-3-2-6-24-11/h7-8,11H,2-6,9H2,1H3,(H,20,21). The molecule has 1 fully saturated rings. The summed E-state index contributed by atoms with van der Waals surface area (Å²) in [5, 5.41) is 9.36. The van der Waals surface area contributed by atoms with E-state index in [1.807, 2.05) is 0 Å². The second-order valence-corrected chi connectivity index (χ2v) is 6.32. The van der Waals surface area contributed by atoms with Crippen LogP contribution >= 0.6 is 23.2 Å². The lowest BCUT2D eigenvalue weighted by atomic mass is 10.1. The smallest absolute Gasteiger partial charge is 0.305 e. The minimum atomic E-state index is -0.967. The summed E-state index contributed by atoms with van der Waals surface area (Å²) in [5.41, 5.74) is 0.286. The van der Waals surface area contributed by atoms with Gasteiger partial charge >= 0.3 is 5.97 Å². The summed E-state index contributed by atoms with van der Waals surface area (Å²) >= 11 is 12.2. The number of carbonyl (C=O) groups is 2. The van der Waals surface area contributed by atoms with Crippen molar-refractivity contribution in [1.82, 2.24) is 4.90 Å². The lowest BCUT2D eigenvalue weighted by Gasteiger charge is -2.25. The first-order chi connectivity index (χ1) is 11.4. The van der Waals surface area contributed by atoms with Gasteiger partial charge in [-0.25, -0.2) is 0 Å².